The molecule has 0 spiro atoms. The van der Waals surface area contributed by atoms with Crippen molar-refractivity contribution in [3.63, 3.8) is 0 Å². The minimum atomic E-state index is -0.318. The summed E-state index contributed by atoms with van der Waals surface area (Å²) in [7, 11) is 1.46. The maximum atomic E-state index is 13.1. The molecule has 0 saturated heterocycles. The number of phenols is 1. The van der Waals surface area contributed by atoms with Crippen LogP contribution < -0.4 is 4.74 Å². The number of aromatic hydroxyl groups is 1. The fraction of sp³-hybridized carbons (Fsp3) is 0.0417. The molecule has 0 bridgehead atoms. The van der Waals surface area contributed by atoms with Gasteiger partial charge in [0.2, 0.25) is 0 Å². The highest BCUT2D eigenvalue weighted by Gasteiger charge is 2.09. The van der Waals surface area contributed by atoms with E-state index in [-0.39, 0.29) is 17.3 Å². The fourth-order valence-corrected chi connectivity index (χ4v) is 3.01. The Bertz CT molecular complexity index is 1260. The molecule has 154 valence electrons. The highest BCUT2D eigenvalue weighted by molar-refractivity contribution is 6.07. The molecule has 4 aromatic rings. The number of aromatic nitrogens is 3. The van der Waals surface area contributed by atoms with Crippen molar-refractivity contribution in [1.82, 2.24) is 15.0 Å². The maximum Gasteiger partial charge on any atom is 0.185 e. The van der Waals surface area contributed by atoms with Gasteiger partial charge in [0, 0.05) is 11.1 Å². The van der Waals surface area contributed by atoms with Crippen molar-refractivity contribution in [2.45, 2.75) is 0 Å². The molecule has 0 radical (unpaired) electrons. The first-order valence-electron chi connectivity index (χ1n) is 9.41. The molecule has 0 aliphatic heterocycles. The normalized spacial score (nSPS) is 11.0. The van der Waals surface area contributed by atoms with Crippen LogP contribution in [0.3, 0.4) is 0 Å². The number of ketones is 1. The van der Waals surface area contributed by atoms with E-state index in [1.165, 1.54) is 31.4 Å². The van der Waals surface area contributed by atoms with Gasteiger partial charge in [0.25, 0.3) is 0 Å². The second kappa shape index (κ2) is 8.62. The first-order chi connectivity index (χ1) is 15.0. The van der Waals surface area contributed by atoms with Gasteiger partial charge in [-0.25, -0.2) is 9.07 Å². The number of benzene rings is 3. The van der Waals surface area contributed by atoms with Crippen molar-refractivity contribution in [2.75, 3.05) is 7.11 Å². The lowest BCUT2D eigenvalue weighted by molar-refractivity contribution is 0.104. The standard InChI is InChI=1S/C24H18FN3O3/c1-31-24-13-16(6-12-23(24)30)5-11-22(29)18-3-2-4-20(14-18)28-15-21(26-27-28)17-7-9-19(25)10-8-17/h2-15,30H,1H3/b11-5+. The van der Waals surface area contributed by atoms with Gasteiger partial charge in [0.05, 0.1) is 19.0 Å². The number of carbonyl (C=O) groups excluding carboxylic acids is 1. The Balaban J connectivity index is 1.54. The number of hydrogen-bond acceptors (Lipinski definition) is 5. The quantitative estimate of drug-likeness (QED) is 0.365. The number of allylic oxidation sites excluding steroid dienone is 1. The minimum absolute atomic E-state index is 0.0338. The minimum Gasteiger partial charge on any atom is -0.504 e. The van der Waals surface area contributed by atoms with E-state index in [1.807, 2.05) is 6.07 Å². The number of phenolic OH excluding ortho intramolecular Hbond substituents is 1. The van der Waals surface area contributed by atoms with Gasteiger partial charge in [-0.15, -0.1) is 5.10 Å². The first-order valence-corrected chi connectivity index (χ1v) is 9.41. The summed E-state index contributed by atoms with van der Waals surface area (Å²) in [4.78, 5) is 12.6. The molecule has 0 aliphatic rings. The van der Waals surface area contributed by atoms with Crippen LogP contribution >= 0.6 is 0 Å². The Kier molecular flexibility index (Phi) is 5.57. The molecule has 1 aromatic heterocycles. The number of ether oxygens (including phenoxy) is 1. The van der Waals surface area contributed by atoms with E-state index in [0.717, 1.165) is 11.1 Å². The molecule has 0 unspecified atom stereocenters. The van der Waals surface area contributed by atoms with Gasteiger partial charge >= 0.3 is 0 Å². The molecule has 3 aromatic carbocycles. The molecule has 31 heavy (non-hydrogen) atoms. The van der Waals surface area contributed by atoms with E-state index in [0.29, 0.717) is 22.7 Å². The topological polar surface area (TPSA) is 77.2 Å². The van der Waals surface area contributed by atoms with Crippen LogP contribution in [0.25, 0.3) is 23.0 Å². The largest absolute Gasteiger partial charge is 0.504 e. The molecule has 7 heteroatoms. The van der Waals surface area contributed by atoms with Gasteiger partial charge in [-0.05, 0) is 60.2 Å². The molecule has 6 nitrogen and oxygen atoms in total. The van der Waals surface area contributed by atoms with Crippen LogP contribution in [0, 0.1) is 5.82 Å². The smallest absolute Gasteiger partial charge is 0.185 e. The predicted octanol–water partition coefficient (Wildman–Crippen LogP) is 4.68. The molecule has 0 fully saturated rings. The number of nitrogens with zero attached hydrogens (tertiary/aromatic N) is 3. The number of methoxy groups -OCH3 is 1. The summed E-state index contributed by atoms with van der Waals surface area (Å²) in [6, 6.07) is 17.8. The maximum absolute atomic E-state index is 13.1. The molecule has 0 saturated carbocycles. The predicted molar refractivity (Wildman–Crippen MR) is 115 cm³/mol. The SMILES string of the molecule is COc1cc(/C=C/C(=O)c2cccc(-n3cc(-c4ccc(F)cc4)nn3)c2)ccc1O. The second-order valence-corrected chi connectivity index (χ2v) is 6.73. The third kappa shape index (κ3) is 4.51. The fourth-order valence-electron chi connectivity index (χ4n) is 3.01. The summed E-state index contributed by atoms with van der Waals surface area (Å²) in [5, 5.41) is 17.9. The molecule has 4 rings (SSSR count). The third-order valence-electron chi connectivity index (χ3n) is 4.66. The van der Waals surface area contributed by atoms with E-state index in [4.69, 9.17) is 4.74 Å². The zero-order valence-electron chi connectivity index (χ0n) is 16.6. The van der Waals surface area contributed by atoms with Crippen molar-refractivity contribution in [3.05, 3.63) is 95.9 Å². The third-order valence-corrected chi connectivity index (χ3v) is 4.66. The Morgan fingerprint density at radius 2 is 1.90 bits per heavy atom. The number of hydrogen-bond donors (Lipinski definition) is 1. The van der Waals surface area contributed by atoms with Gasteiger partial charge in [-0.2, -0.15) is 0 Å². The Morgan fingerprint density at radius 1 is 1.10 bits per heavy atom. The number of halogens is 1. The Hall–Kier alpha value is -4.26. The highest BCUT2D eigenvalue weighted by atomic mass is 19.1. The van der Waals surface area contributed by atoms with E-state index in [2.05, 4.69) is 10.3 Å². The zero-order chi connectivity index (χ0) is 21.8. The van der Waals surface area contributed by atoms with Crippen LogP contribution in [0.2, 0.25) is 0 Å². The lowest BCUT2D eigenvalue weighted by atomic mass is 10.1. The highest BCUT2D eigenvalue weighted by Crippen LogP contribution is 2.27. The van der Waals surface area contributed by atoms with Crippen molar-refractivity contribution in [2.24, 2.45) is 0 Å². The van der Waals surface area contributed by atoms with Gasteiger partial charge in [-0.3, -0.25) is 4.79 Å². The van der Waals surface area contributed by atoms with E-state index in [1.54, 1.807) is 59.4 Å². The summed E-state index contributed by atoms with van der Waals surface area (Å²) in [5.41, 5.74) is 3.22. The molecular weight excluding hydrogens is 397 g/mol. The molecule has 0 atom stereocenters. The summed E-state index contributed by atoms with van der Waals surface area (Å²) < 4.78 is 19.8. The lowest BCUT2D eigenvalue weighted by Crippen LogP contribution is -1.99. The molecule has 1 N–H and O–H groups in total. The van der Waals surface area contributed by atoms with Crippen LogP contribution in [-0.2, 0) is 0 Å². The summed E-state index contributed by atoms with van der Waals surface area (Å²) in [6.45, 7) is 0. The van der Waals surface area contributed by atoms with Crippen LogP contribution in [0.4, 0.5) is 4.39 Å². The van der Waals surface area contributed by atoms with E-state index in [9.17, 15) is 14.3 Å². The van der Waals surface area contributed by atoms with Crippen LogP contribution in [0.1, 0.15) is 15.9 Å². The lowest BCUT2D eigenvalue weighted by Gasteiger charge is -2.04. The first kappa shape index (κ1) is 20.0. The monoisotopic (exact) mass is 415 g/mol. The summed E-state index contributed by atoms with van der Waals surface area (Å²) in [6.07, 6.45) is 4.82. The van der Waals surface area contributed by atoms with Gasteiger partial charge in [-0.1, -0.05) is 29.5 Å². The molecule has 0 aliphatic carbocycles. The van der Waals surface area contributed by atoms with Crippen molar-refractivity contribution >= 4 is 11.9 Å². The van der Waals surface area contributed by atoms with Crippen LogP contribution in [-0.4, -0.2) is 33.0 Å². The van der Waals surface area contributed by atoms with Crippen LogP contribution in [0.5, 0.6) is 11.5 Å². The van der Waals surface area contributed by atoms with Crippen molar-refractivity contribution in [3.8, 4) is 28.4 Å². The molecule has 1 heterocycles. The average Bonchev–Trinajstić information content (AvgIpc) is 3.29. The molecular formula is C24H18FN3O3. The Morgan fingerprint density at radius 3 is 2.68 bits per heavy atom. The second-order valence-electron chi connectivity index (χ2n) is 6.73. The molecule has 0 amide bonds. The summed E-state index contributed by atoms with van der Waals surface area (Å²) >= 11 is 0. The number of carbonyl (C=O) groups is 1. The van der Waals surface area contributed by atoms with Crippen LogP contribution in [0.15, 0.2) is 79.0 Å². The number of rotatable bonds is 6. The average molecular weight is 415 g/mol. The Labute approximate surface area is 177 Å². The van der Waals surface area contributed by atoms with Gasteiger partial charge in [0.1, 0.15) is 11.5 Å². The van der Waals surface area contributed by atoms with Crippen molar-refractivity contribution in [1.29, 1.82) is 0 Å². The van der Waals surface area contributed by atoms with E-state index >= 15 is 0 Å². The van der Waals surface area contributed by atoms with Gasteiger partial charge < -0.3 is 9.84 Å². The zero-order valence-corrected chi connectivity index (χ0v) is 16.6. The van der Waals surface area contributed by atoms with Gasteiger partial charge in [0.15, 0.2) is 17.3 Å². The summed E-state index contributed by atoms with van der Waals surface area (Å²) in [5.74, 6) is -0.139. The van der Waals surface area contributed by atoms with Crippen molar-refractivity contribution < 1.29 is 19.0 Å². The van der Waals surface area contributed by atoms with E-state index < -0.39 is 0 Å².